The van der Waals surface area contributed by atoms with Crippen molar-refractivity contribution >= 4 is 0 Å². The molecule has 0 spiro atoms. The molecule has 3 nitrogen and oxygen atoms in total. The van der Waals surface area contributed by atoms with Crippen LogP contribution in [0.3, 0.4) is 0 Å². The number of nitrogens with one attached hydrogen (secondary N) is 1. The second kappa shape index (κ2) is 6.74. The van der Waals surface area contributed by atoms with Gasteiger partial charge in [0.1, 0.15) is 5.75 Å². The van der Waals surface area contributed by atoms with Gasteiger partial charge in [0.15, 0.2) is 0 Å². The molecule has 1 heterocycles. The quantitative estimate of drug-likeness (QED) is 0.840. The molecule has 1 rings (SSSR count). The number of rotatable bonds is 6. The van der Waals surface area contributed by atoms with Crippen molar-refractivity contribution in [1.82, 2.24) is 10.3 Å². The van der Waals surface area contributed by atoms with Crippen LogP contribution in [0.4, 0.5) is 0 Å². The van der Waals surface area contributed by atoms with Crippen molar-refractivity contribution in [2.24, 2.45) is 11.8 Å². The van der Waals surface area contributed by atoms with E-state index in [9.17, 15) is 0 Å². The van der Waals surface area contributed by atoms with Gasteiger partial charge in [-0.05, 0) is 44.4 Å². The molecule has 0 fully saturated rings. The van der Waals surface area contributed by atoms with Gasteiger partial charge in [-0.1, -0.05) is 20.8 Å². The maximum absolute atomic E-state index is 5.70. The van der Waals surface area contributed by atoms with Gasteiger partial charge in [0.05, 0.1) is 12.3 Å². The summed E-state index contributed by atoms with van der Waals surface area (Å²) in [5.74, 6) is 2.02. The molecular weight excluding hydrogens is 224 g/mol. The summed E-state index contributed by atoms with van der Waals surface area (Å²) >= 11 is 0. The summed E-state index contributed by atoms with van der Waals surface area (Å²) in [5.41, 5.74) is 1.19. The third-order valence-electron chi connectivity index (χ3n) is 3.35. The Kier molecular flexibility index (Phi) is 5.60. The molecule has 0 radical (unpaired) electrons. The monoisotopic (exact) mass is 250 g/mol. The fraction of sp³-hybridized carbons (Fsp3) is 0.667. The zero-order chi connectivity index (χ0) is 13.7. The van der Waals surface area contributed by atoms with E-state index in [0.717, 1.165) is 5.75 Å². The minimum absolute atomic E-state index is 0.178. The number of hydrogen-bond donors (Lipinski definition) is 1. The molecule has 0 aliphatic rings. The van der Waals surface area contributed by atoms with E-state index in [1.807, 2.05) is 27.1 Å². The number of nitrogens with zero attached hydrogens (tertiary/aromatic N) is 1. The van der Waals surface area contributed by atoms with E-state index in [1.54, 1.807) is 6.20 Å². The minimum atomic E-state index is 0.178. The van der Waals surface area contributed by atoms with Gasteiger partial charge >= 0.3 is 0 Å². The molecule has 1 N–H and O–H groups in total. The van der Waals surface area contributed by atoms with Crippen LogP contribution in [0.2, 0.25) is 0 Å². The van der Waals surface area contributed by atoms with E-state index in [-0.39, 0.29) is 6.10 Å². The molecule has 0 amide bonds. The molecule has 18 heavy (non-hydrogen) atoms. The lowest BCUT2D eigenvalue weighted by Crippen LogP contribution is -2.26. The Morgan fingerprint density at radius 3 is 2.28 bits per heavy atom. The normalized spacial score (nSPS) is 14.9. The molecule has 1 aromatic rings. The molecule has 0 aliphatic heterocycles. The first-order valence-corrected chi connectivity index (χ1v) is 6.74. The number of hydrogen-bond acceptors (Lipinski definition) is 3. The van der Waals surface area contributed by atoms with E-state index < -0.39 is 0 Å². The van der Waals surface area contributed by atoms with Gasteiger partial charge in [0.2, 0.25) is 0 Å². The summed E-state index contributed by atoms with van der Waals surface area (Å²) in [5, 5.41) is 3.38. The molecule has 0 aliphatic carbocycles. The Bertz CT molecular complexity index is 363. The molecule has 0 bridgehead atoms. The van der Waals surface area contributed by atoms with Gasteiger partial charge in [-0.25, -0.2) is 0 Å². The van der Waals surface area contributed by atoms with Crippen molar-refractivity contribution in [1.29, 1.82) is 0 Å². The highest BCUT2D eigenvalue weighted by Crippen LogP contribution is 2.28. The standard InChI is InChI=1S/C15H26N2O/c1-10(2)12(5)15(16-6)13-7-14(9-17-8-13)18-11(3)4/h7-12,15-16H,1-6H3. The maximum Gasteiger partial charge on any atom is 0.138 e. The third-order valence-corrected chi connectivity index (χ3v) is 3.35. The summed E-state index contributed by atoms with van der Waals surface area (Å²) in [6, 6.07) is 2.40. The Morgan fingerprint density at radius 2 is 1.78 bits per heavy atom. The Hall–Kier alpha value is -1.09. The lowest BCUT2D eigenvalue weighted by molar-refractivity contribution is 0.240. The zero-order valence-electron chi connectivity index (χ0n) is 12.4. The van der Waals surface area contributed by atoms with Crippen LogP contribution >= 0.6 is 0 Å². The first kappa shape index (κ1) is 15.0. The fourth-order valence-electron chi connectivity index (χ4n) is 2.06. The molecule has 2 unspecified atom stereocenters. The summed E-state index contributed by atoms with van der Waals surface area (Å²) in [7, 11) is 2.00. The molecule has 0 saturated heterocycles. The smallest absolute Gasteiger partial charge is 0.138 e. The zero-order valence-corrected chi connectivity index (χ0v) is 12.4. The van der Waals surface area contributed by atoms with Crippen LogP contribution in [0.5, 0.6) is 5.75 Å². The van der Waals surface area contributed by atoms with Crippen molar-refractivity contribution in [3.63, 3.8) is 0 Å². The van der Waals surface area contributed by atoms with Crippen LogP contribution in [0.15, 0.2) is 18.5 Å². The van der Waals surface area contributed by atoms with Gasteiger partial charge < -0.3 is 10.1 Å². The highest BCUT2D eigenvalue weighted by molar-refractivity contribution is 5.26. The van der Waals surface area contributed by atoms with E-state index in [0.29, 0.717) is 17.9 Å². The van der Waals surface area contributed by atoms with E-state index in [1.165, 1.54) is 5.56 Å². The van der Waals surface area contributed by atoms with E-state index in [4.69, 9.17) is 4.74 Å². The number of ether oxygens (including phenoxy) is 1. The second-order valence-corrected chi connectivity index (χ2v) is 5.49. The lowest BCUT2D eigenvalue weighted by atomic mass is 9.87. The molecule has 102 valence electrons. The highest BCUT2D eigenvalue weighted by atomic mass is 16.5. The number of aromatic nitrogens is 1. The van der Waals surface area contributed by atoms with Gasteiger partial charge in [-0.2, -0.15) is 0 Å². The molecule has 3 heteroatoms. The van der Waals surface area contributed by atoms with E-state index >= 15 is 0 Å². The molecule has 2 atom stereocenters. The molecule has 1 aromatic heterocycles. The molecule has 0 aromatic carbocycles. The lowest BCUT2D eigenvalue weighted by Gasteiger charge is -2.27. The average molecular weight is 250 g/mol. The number of pyridine rings is 1. The van der Waals surface area contributed by atoms with Gasteiger partial charge in [-0.15, -0.1) is 0 Å². The topological polar surface area (TPSA) is 34.2 Å². The minimum Gasteiger partial charge on any atom is -0.489 e. The van der Waals surface area contributed by atoms with Crippen LogP contribution in [0.1, 0.15) is 46.2 Å². The highest BCUT2D eigenvalue weighted by Gasteiger charge is 2.21. The fourth-order valence-corrected chi connectivity index (χ4v) is 2.06. The summed E-state index contributed by atoms with van der Waals surface area (Å²) in [4.78, 5) is 4.28. The van der Waals surface area contributed by atoms with Crippen molar-refractivity contribution < 1.29 is 4.74 Å². The summed E-state index contributed by atoms with van der Waals surface area (Å²) < 4.78 is 5.70. The summed E-state index contributed by atoms with van der Waals surface area (Å²) in [6.45, 7) is 10.8. The Morgan fingerprint density at radius 1 is 1.11 bits per heavy atom. The van der Waals surface area contributed by atoms with Crippen molar-refractivity contribution in [3.05, 3.63) is 24.0 Å². The van der Waals surface area contributed by atoms with Crippen LogP contribution in [0.25, 0.3) is 0 Å². The Labute approximate surface area is 111 Å². The van der Waals surface area contributed by atoms with Crippen LogP contribution in [-0.2, 0) is 0 Å². The van der Waals surface area contributed by atoms with Gasteiger partial charge in [-0.3, -0.25) is 4.98 Å². The largest absolute Gasteiger partial charge is 0.489 e. The van der Waals surface area contributed by atoms with Crippen LogP contribution < -0.4 is 10.1 Å². The summed E-state index contributed by atoms with van der Waals surface area (Å²) in [6.07, 6.45) is 3.88. The van der Waals surface area contributed by atoms with Crippen molar-refractivity contribution in [2.45, 2.75) is 46.8 Å². The van der Waals surface area contributed by atoms with Gasteiger partial charge in [0, 0.05) is 12.2 Å². The SMILES string of the molecule is CNC(c1cncc(OC(C)C)c1)C(C)C(C)C. The predicted molar refractivity (Wildman–Crippen MR) is 75.8 cm³/mol. The van der Waals surface area contributed by atoms with Crippen molar-refractivity contribution in [3.8, 4) is 5.75 Å². The maximum atomic E-state index is 5.70. The molecule has 0 saturated carbocycles. The van der Waals surface area contributed by atoms with E-state index in [2.05, 4.69) is 37.1 Å². The average Bonchev–Trinajstić information content (AvgIpc) is 2.29. The molecular formula is C15H26N2O. The van der Waals surface area contributed by atoms with Crippen LogP contribution in [-0.4, -0.2) is 18.1 Å². The third kappa shape index (κ3) is 3.98. The second-order valence-electron chi connectivity index (χ2n) is 5.49. The first-order chi connectivity index (χ1) is 8.45. The van der Waals surface area contributed by atoms with Crippen LogP contribution in [0, 0.1) is 11.8 Å². The van der Waals surface area contributed by atoms with Gasteiger partial charge in [0.25, 0.3) is 0 Å². The predicted octanol–water partition coefficient (Wildman–Crippen LogP) is 3.42. The Balaban J connectivity index is 2.92. The van der Waals surface area contributed by atoms with Crippen molar-refractivity contribution in [2.75, 3.05) is 7.05 Å². The first-order valence-electron chi connectivity index (χ1n) is 6.74.